The van der Waals surface area contributed by atoms with Crippen molar-refractivity contribution in [2.24, 2.45) is 0 Å². The summed E-state index contributed by atoms with van der Waals surface area (Å²) in [5, 5.41) is 4.62. The third-order valence-corrected chi connectivity index (χ3v) is 5.24. The van der Waals surface area contributed by atoms with Crippen LogP contribution in [-0.4, -0.2) is 24.3 Å². The average molecular weight is 419 g/mol. The summed E-state index contributed by atoms with van der Waals surface area (Å²) in [4.78, 5) is 12.1. The van der Waals surface area contributed by atoms with Gasteiger partial charge in [0.1, 0.15) is 5.75 Å². The molecule has 1 amide bonds. The van der Waals surface area contributed by atoms with E-state index in [2.05, 4.69) is 5.32 Å². The highest BCUT2D eigenvalue weighted by Gasteiger charge is 2.15. The molecule has 0 aliphatic carbocycles. The number of halogens is 3. The van der Waals surface area contributed by atoms with Gasteiger partial charge in [0.05, 0.1) is 5.02 Å². The summed E-state index contributed by atoms with van der Waals surface area (Å²) in [6, 6.07) is 12.5. The van der Waals surface area contributed by atoms with Crippen LogP contribution in [0.25, 0.3) is 0 Å². The van der Waals surface area contributed by atoms with Gasteiger partial charge in [0.25, 0.3) is 5.91 Å². The molecule has 0 unspecified atom stereocenters. The fourth-order valence-corrected chi connectivity index (χ4v) is 3.59. The maximum absolute atomic E-state index is 12.1. The first-order chi connectivity index (χ1) is 12.0. The molecule has 0 saturated heterocycles. The van der Waals surface area contributed by atoms with Gasteiger partial charge in [-0.3, -0.25) is 4.79 Å². The molecule has 134 valence electrons. The van der Waals surface area contributed by atoms with Crippen LogP contribution in [0.1, 0.15) is 12.5 Å². The molecule has 0 fully saturated rings. The van der Waals surface area contributed by atoms with Crippen molar-refractivity contribution in [3.05, 3.63) is 63.1 Å². The zero-order valence-corrected chi connectivity index (χ0v) is 16.7. The number of hydrogen-bond acceptors (Lipinski definition) is 3. The lowest BCUT2D eigenvalue weighted by atomic mass is 10.2. The number of carbonyl (C=O) groups excluding carboxylic acids is 1. The molecule has 1 atom stereocenters. The Labute approximate surface area is 167 Å². The fraction of sp³-hybridized carbons (Fsp3) is 0.278. The molecule has 0 bridgehead atoms. The van der Waals surface area contributed by atoms with Crippen LogP contribution in [0.15, 0.2) is 42.5 Å². The molecule has 0 saturated carbocycles. The van der Waals surface area contributed by atoms with Crippen LogP contribution in [0, 0.1) is 0 Å². The van der Waals surface area contributed by atoms with Gasteiger partial charge in [-0.25, -0.2) is 0 Å². The van der Waals surface area contributed by atoms with E-state index in [1.165, 1.54) is 0 Å². The van der Waals surface area contributed by atoms with E-state index in [1.807, 2.05) is 24.3 Å². The number of ether oxygens (including phenoxy) is 1. The predicted octanol–water partition coefficient (Wildman–Crippen LogP) is 5.46. The molecule has 2 aromatic carbocycles. The second-order valence-electron chi connectivity index (χ2n) is 5.27. The molecule has 2 rings (SSSR count). The van der Waals surface area contributed by atoms with E-state index in [4.69, 9.17) is 39.5 Å². The number of carbonyl (C=O) groups is 1. The number of benzene rings is 2. The van der Waals surface area contributed by atoms with Gasteiger partial charge < -0.3 is 10.1 Å². The van der Waals surface area contributed by atoms with Gasteiger partial charge in [0, 0.05) is 28.1 Å². The van der Waals surface area contributed by atoms with Gasteiger partial charge in [-0.15, -0.1) is 0 Å². The van der Waals surface area contributed by atoms with Gasteiger partial charge in [0.15, 0.2) is 6.10 Å². The second kappa shape index (κ2) is 10.2. The number of amides is 1. The molecular weight excluding hydrogens is 401 g/mol. The maximum Gasteiger partial charge on any atom is 0.260 e. The Morgan fingerprint density at radius 1 is 1.16 bits per heavy atom. The van der Waals surface area contributed by atoms with Crippen molar-refractivity contribution in [3.63, 3.8) is 0 Å². The summed E-state index contributed by atoms with van der Waals surface area (Å²) in [7, 11) is 0. The molecule has 7 heteroatoms. The highest BCUT2D eigenvalue weighted by molar-refractivity contribution is 7.98. The first kappa shape index (κ1) is 20.2. The number of hydrogen-bond donors (Lipinski definition) is 1. The molecule has 0 aliphatic heterocycles. The third kappa shape index (κ3) is 6.63. The minimum Gasteiger partial charge on any atom is -0.479 e. The molecule has 0 spiro atoms. The molecule has 1 N–H and O–H groups in total. The van der Waals surface area contributed by atoms with Crippen molar-refractivity contribution in [3.8, 4) is 5.75 Å². The number of rotatable bonds is 8. The van der Waals surface area contributed by atoms with E-state index in [-0.39, 0.29) is 5.91 Å². The minimum atomic E-state index is -0.615. The smallest absolute Gasteiger partial charge is 0.260 e. The van der Waals surface area contributed by atoms with Crippen LogP contribution in [0.5, 0.6) is 5.75 Å². The van der Waals surface area contributed by atoms with Crippen molar-refractivity contribution in [1.29, 1.82) is 0 Å². The summed E-state index contributed by atoms with van der Waals surface area (Å²) >= 11 is 19.7. The number of nitrogens with one attached hydrogen (secondary N) is 1. The molecule has 25 heavy (non-hydrogen) atoms. The Morgan fingerprint density at radius 2 is 1.92 bits per heavy atom. The second-order valence-corrected chi connectivity index (χ2v) is 7.63. The lowest BCUT2D eigenvalue weighted by molar-refractivity contribution is -0.127. The third-order valence-electron chi connectivity index (χ3n) is 3.33. The molecular formula is C18H18Cl3NO2S. The minimum absolute atomic E-state index is 0.176. The number of thioether (sulfide) groups is 1. The molecule has 0 aliphatic rings. The standard InChI is InChI=1S/C18H18Cl3NO2S/c1-12(24-17-5-3-2-4-15(17)20)18(23)22-8-9-25-11-13-6-7-14(19)10-16(13)21/h2-7,10,12H,8-9,11H2,1H3,(H,22,23)/t12-/m1/s1. The molecule has 2 aromatic rings. The van der Waals surface area contributed by atoms with E-state index >= 15 is 0 Å². The monoisotopic (exact) mass is 417 g/mol. The Morgan fingerprint density at radius 3 is 2.64 bits per heavy atom. The summed E-state index contributed by atoms with van der Waals surface area (Å²) in [5.41, 5.74) is 1.03. The normalized spacial score (nSPS) is 11.8. The van der Waals surface area contributed by atoms with Crippen molar-refractivity contribution >= 4 is 52.5 Å². The quantitative estimate of drug-likeness (QED) is 0.578. The van der Waals surface area contributed by atoms with E-state index in [0.29, 0.717) is 27.4 Å². The van der Waals surface area contributed by atoms with Crippen molar-refractivity contribution in [2.45, 2.75) is 18.8 Å². The van der Waals surface area contributed by atoms with Crippen LogP contribution in [0.4, 0.5) is 0 Å². The Balaban J connectivity index is 1.69. The zero-order valence-electron chi connectivity index (χ0n) is 13.6. The van der Waals surface area contributed by atoms with Crippen LogP contribution in [0.3, 0.4) is 0 Å². The van der Waals surface area contributed by atoms with Crippen LogP contribution < -0.4 is 10.1 Å². The SMILES string of the molecule is C[C@@H](Oc1ccccc1Cl)C(=O)NCCSCc1ccc(Cl)cc1Cl. The predicted molar refractivity (Wildman–Crippen MR) is 107 cm³/mol. The number of para-hydroxylation sites is 1. The topological polar surface area (TPSA) is 38.3 Å². The maximum atomic E-state index is 12.1. The fourth-order valence-electron chi connectivity index (χ4n) is 2.00. The van der Waals surface area contributed by atoms with Crippen LogP contribution in [-0.2, 0) is 10.5 Å². The highest BCUT2D eigenvalue weighted by atomic mass is 35.5. The lowest BCUT2D eigenvalue weighted by Gasteiger charge is -2.15. The Hall–Kier alpha value is -1.07. The van der Waals surface area contributed by atoms with E-state index in [9.17, 15) is 4.79 Å². The Kier molecular flexibility index (Phi) is 8.24. The van der Waals surface area contributed by atoms with Crippen molar-refractivity contribution < 1.29 is 9.53 Å². The van der Waals surface area contributed by atoms with E-state index < -0.39 is 6.10 Å². The van der Waals surface area contributed by atoms with Crippen LogP contribution >= 0.6 is 46.6 Å². The van der Waals surface area contributed by atoms with Gasteiger partial charge in [-0.2, -0.15) is 11.8 Å². The van der Waals surface area contributed by atoms with E-state index in [0.717, 1.165) is 17.1 Å². The lowest BCUT2D eigenvalue weighted by Crippen LogP contribution is -2.37. The van der Waals surface area contributed by atoms with Crippen molar-refractivity contribution in [1.82, 2.24) is 5.32 Å². The van der Waals surface area contributed by atoms with Crippen molar-refractivity contribution in [2.75, 3.05) is 12.3 Å². The first-order valence-corrected chi connectivity index (χ1v) is 9.97. The largest absolute Gasteiger partial charge is 0.479 e. The summed E-state index contributed by atoms with van der Waals surface area (Å²) in [5.74, 6) is 1.85. The van der Waals surface area contributed by atoms with Gasteiger partial charge in [-0.1, -0.05) is 53.0 Å². The van der Waals surface area contributed by atoms with Gasteiger partial charge in [0.2, 0.25) is 0 Å². The Bertz CT molecular complexity index is 727. The molecule has 0 aromatic heterocycles. The molecule has 0 radical (unpaired) electrons. The summed E-state index contributed by atoms with van der Waals surface area (Å²) in [6.45, 7) is 2.24. The van der Waals surface area contributed by atoms with Gasteiger partial charge >= 0.3 is 0 Å². The zero-order chi connectivity index (χ0) is 18.2. The van der Waals surface area contributed by atoms with E-state index in [1.54, 1.807) is 36.9 Å². The van der Waals surface area contributed by atoms with Crippen LogP contribution in [0.2, 0.25) is 15.1 Å². The first-order valence-electron chi connectivity index (χ1n) is 7.68. The molecule has 0 heterocycles. The summed E-state index contributed by atoms with van der Waals surface area (Å²) < 4.78 is 5.58. The summed E-state index contributed by atoms with van der Waals surface area (Å²) in [6.07, 6.45) is -0.615. The highest BCUT2D eigenvalue weighted by Crippen LogP contribution is 2.25. The van der Waals surface area contributed by atoms with Gasteiger partial charge in [-0.05, 0) is 36.8 Å². The average Bonchev–Trinajstić information content (AvgIpc) is 2.58. The molecule has 3 nitrogen and oxygen atoms in total.